The average molecular weight is 339 g/mol. The van der Waals surface area contributed by atoms with Gasteiger partial charge in [0, 0.05) is 5.56 Å². The minimum Gasteiger partial charge on any atom is -0.508 e. The Kier molecular flexibility index (Phi) is 4.42. The Hall–Kier alpha value is -3.68. The number of hydrogen-bond acceptors (Lipinski definition) is 6. The second-order valence-electron chi connectivity index (χ2n) is 5.21. The van der Waals surface area contributed by atoms with Gasteiger partial charge in [0.25, 0.3) is 0 Å². The van der Waals surface area contributed by atoms with Crippen molar-refractivity contribution in [1.82, 2.24) is 9.78 Å². The summed E-state index contributed by atoms with van der Waals surface area (Å²) in [4.78, 5) is 22.1. The zero-order chi connectivity index (χ0) is 17.8. The van der Waals surface area contributed by atoms with Crippen molar-refractivity contribution in [3.8, 4) is 5.75 Å². The fourth-order valence-corrected chi connectivity index (χ4v) is 2.18. The lowest BCUT2D eigenvalue weighted by atomic mass is 10.1. The Balaban J connectivity index is 1.66. The molecule has 2 heterocycles. The van der Waals surface area contributed by atoms with E-state index in [0.29, 0.717) is 17.1 Å². The Bertz CT molecular complexity index is 955. The van der Waals surface area contributed by atoms with Crippen molar-refractivity contribution >= 4 is 17.5 Å². The van der Waals surface area contributed by atoms with Gasteiger partial charge >= 0.3 is 5.69 Å². The van der Waals surface area contributed by atoms with Crippen LogP contribution in [-0.4, -0.2) is 25.6 Å². The number of phenolic OH excluding ortho intramolecular Hbond substituents is 1. The number of benzene rings is 1. The van der Waals surface area contributed by atoms with E-state index >= 15 is 0 Å². The third-order valence-corrected chi connectivity index (χ3v) is 3.36. The van der Waals surface area contributed by atoms with Crippen molar-refractivity contribution in [2.24, 2.45) is 0 Å². The van der Waals surface area contributed by atoms with E-state index < -0.39 is 4.92 Å². The largest absolute Gasteiger partial charge is 0.508 e. The molecule has 126 valence electrons. The first-order valence-electron chi connectivity index (χ1n) is 7.28. The number of allylic oxidation sites excluding steroid dienone is 1. The molecule has 0 saturated carbocycles. The standard InChI is InChI=1S/C17H13N3O5/c21-14-3-1-2-12(8-14)17(22)7-6-15-4-5-16(25-15)11-19-10-13(9-18-19)20(23)24/h1-10,21H,11H2/b7-6+. The van der Waals surface area contributed by atoms with Gasteiger partial charge in [0.2, 0.25) is 0 Å². The zero-order valence-electron chi connectivity index (χ0n) is 12.9. The second kappa shape index (κ2) is 6.83. The molecule has 0 saturated heterocycles. The SMILES string of the molecule is O=C(/C=C/c1ccc(Cn2cc([N+](=O)[O-])cn2)o1)c1cccc(O)c1. The molecule has 0 fully saturated rings. The molecule has 0 radical (unpaired) electrons. The molecular formula is C17H13N3O5. The van der Waals surface area contributed by atoms with E-state index in [0.717, 1.165) is 6.20 Å². The van der Waals surface area contributed by atoms with E-state index in [1.165, 1.54) is 35.2 Å². The molecule has 3 aromatic rings. The second-order valence-corrected chi connectivity index (χ2v) is 5.21. The lowest BCUT2D eigenvalue weighted by Crippen LogP contribution is -1.98. The van der Waals surface area contributed by atoms with Crippen LogP contribution in [0, 0.1) is 10.1 Å². The summed E-state index contributed by atoms with van der Waals surface area (Å²) >= 11 is 0. The Morgan fingerprint density at radius 2 is 2.20 bits per heavy atom. The van der Waals surface area contributed by atoms with E-state index in [4.69, 9.17) is 4.42 Å². The number of rotatable bonds is 6. The van der Waals surface area contributed by atoms with E-state index in [9.17, 15) is 20.0 Å². The number of nitrogens with zero attached hydrogens (tertiary/aromatic N) is 3. The van der Waals surface area contributed by atoms with Gasteiger partial charge in [-0.05, 0) is 36.4 Å². The van der Waals surface area contributed by atoms with Crippen LogP contribution in [0.25, 0.3) is 6.08 Å². The molecule has 0 amide bonds. The predicted octanol–water partition coefficient (Wildman–Crippen LogP) is 3.03. The maximum atomic E-state index is 12.0. The maximum Gasteiger partial charge on any atom is 0.307 e. The predicted molar refractivity (Wildman–Crippen MR) is 88.2 cm³/mol. The van der Waals surface area contributed by atoms with Crippen molar-refractivity contribution < 1.29 is 19.2 Å². The molecule has 2 aromatic heterocycles. The maximum absolute atomic E-state index is 12.0. The molecule has 0 aliphatic carbocycles. The molecule has 0 unspecified atom stereocenters. The van der Waals surface area contributed by atoms with E-state index in [1.54, 1.807) is 24.3 Å². The number of aromatic nitrogens is 2. The van der Waals surface area contributed by atoms with Crippen molar-refractivity contribution in [3.63, 3.8) is 0 Å². The third kappa shape index (κ3) is 3.99. The molecule has 25 heavy (non-hydrogen) atoms. The van der Waals surface area contributed by atoms with Crippen LogP contribution < -0.4 is 0 Å². The van der Waals surface area contributed by atoms with Gasteiger partial charge in [0.1, 0.15) is 29.7 Å². The van der Waals surface area contributed by atoms with Gasteiger partial charge in [0.05, 0.1) is 11.5 Å². The number of carbonyl (C=O) groups excluding carboxylic acids is 1. The van der Waals surface area contributed by atoms with Gasteiger partial charge in [-0.25, -0.2) is 0 Å². The quantitative estimate of drug-likeness (QED) is 0.320. The molecule has 3 rings (SSSR count). The zero-order valence-corrected chi connectivity index (χ0v) is 12.9. The Morgan fingerprint density at radius 1 is 1.36 bits per heavy atom. The molecule has 1 aromatic carbocycles. The fraction of sp³-hybridized carbons (Fsp3) is 0.0588. The summed E-state index contributed by atoms with van der Waals surface area (Å²) in [6.07, 6.45) is 5.33. The van der Waals surface area contributed by atoms with Crippen molar-refractivity contribution in [3.05, 3.63) is 82.1 Å². The van der Waals surface area contributed by atoms with Crippen LogP contribution in [0.15, 0.2) is 59.3 Å². The monoisotopic (exact) mass is 339 g/mol. The van der Waals surface area contributed by atoms with Crippen molar-refractivity contribution in [1.29, 1.82) is 0 Å². The normalized spacial score (nSPS) is 11.0. The van der Waals surface area contributed by atoms with Crippen molar-refractivity contribution in [2.45, 2.75) is 6.54 Å². The lowest BCUT2D eigenvalue weighted by Gasteiger charge is -1.97. The fourth-order valence-electron chi connectivity index (χ4n) is 2.18. The van der Waals surface area contributed by atoms with Gasteiger partial charge < -0.3 is 9.52 Å². The number of furan rings is 1. The number of nitro groups is 1. The summed E-state index contributed by atoms with van der Waals surface area (Å²) in [7, 11) is 0. The number of ketones is 1. The topological polar surface area (TPSA) is 111 Å². The molecule has 1 N–H and O–H groups in total. The molecule has 0 atom stereocenters. The number of phenols is 1. The van der Waals surface area contributed by atoms with Crippen LogP contribution in [0.2, 0.25) is 0 Å². The molecule has 0 spiro atoms. The molecule has 8 nitrogen and oxygen atoms in total. The number of aromatic hydroxyl groups is 1. The van der Waals surface area contributed by atoms with Gasteiger partial charge in [-0.1, -0.05) is 12.1 Å². The summed E-state index contributed by atoms with van der Waals surface area (Å²) in [5, 5.41) is 23.9. The first kappa shape index (κ1) is 16.2. The van der Waals surface area contributed by atoms with Crippen molar-refractivity contribution in [2.75, 3.05) is 0 Å². The highest BCUT2D eigenvalue weighted by Crippen LogP contribution is 2.15. The summed E-state index contributed by atoms with van der Waals surface area (Å²) in [5.41, 5.74) is 0.273. The van der Waals surface area contributed by atoms with Gasteiger partial charge in [-0.3, -0.25) is 19.6 Å². The summed E-state index contributed by atoms with van der Waals surface area (Å²) in [6, 6.07) is 9.44. The molecule has 0 aliphatic rings. The molecule has 8 heteroatoms. The Morgan fingerprint density at radius 3 is 2.92 bits per heavy atom. The van der Waals surface area contributed by atoms with Crippen LogP contribution in [0.4, 0.5) is 5.69 Å². The van der Waals surface area contributed by atoms with Crippen LogP contribution in [0.3, 0.4) is 0 Å². The van der Waals surface area contributed by atoms with Crippen LogP contribution in [0.1, 0.15) is 21.9 Å². The molecule has 0 aliphatic heterocycles. The minimum absolute atomic E-state index is 0.0212. The van der Waals surface area contributed by atoms with Gasteiger partial charge in [-0.2, -0.15) is 5.10 Å². The third-order valence-electron chi connectivity index (χ3n) is 3.36. The molecular weight excluding hydrogens is 326 g/mol. The summed E-state index contributed by atoms with van der Waals surface area (Å²) in [6.45, 7) is 0.238. The number of carbonyl (C=O) groups is 1. The highest BCUT2D eigenvalue weighted by atomic mass is 16.6. The van der Waals surface area contributed by atoms with Crippen LogP contribution >= 0.6 is 0 Å². The van der Waals surface area contributed by atoms with Crippen LogP contribution in [-0.2, 0) is 6.54 Å². The van der Waals surface area contributed by atoms with E-state index in [-0.39, 0.29) is 23.8 Å². The minimum atomic E-state index is -0.521. The first-order valence-corrected chi connectivity index (χ1v) is 7.28. The van der Waals surface area contributed by atoms with Gasteiger partial charge in [0.15, 0.2) is 5.78 Å². The molecule has 0 bridgehead atoms. The highest BCUT2D eigenvalue weighted by Gasteiger charge is 2.10. The van der Waals surface area contributed by atoms with Gasteiger partial charge in [-0.15, -0.1) is 0 Å². The average Bonchev–Trinajstić information content (AvgIpc) is 3.22. The highest BCUT2D eigenvalue weighted by molar-refractivity contribution is 6.06. The number of hydrogen-bond donors (Lipinski definition) is 1. The lowest BCUT2D eigenvalue weighted by molar-refractivity contribution is -0.385. The Labute approximate surface area is 141 Å². The smallest absolute Gasteiger partial charge is 0.307 e. The van der Waals surface area contributed by atoms with Crippen LogP contribution in [0.5, 0.6) is 5.75 Å². The van der Waals surface area contributed by atoms with E-state index in [1.807, 2.05) is 0 Å². The first-order chi connectivity index (χ1) is 12.0. The van der Waals surface area contributed by atoms with E-state index in [2.05, 4.69) is 5.10 Å². The summed E-state index contributed by atoms with van der Waals surface area (Å²) < 4.78 is 6.94. The summed E-state index contributed by atoms with van der Waals surface area (Å²) in [5.74, 6) is 0.761.